The molecule has 28 heavy (non-hydrogen) atoms. The van der Waals surface area contributed by atoms with E-state index in [0.29, 0.717) is 25.2 Å². The van der Waals surface area contributed by atoms with Crippen LogP contribution in [-0.4, -0.2) is 25.5 Å². The number of halogens is 1. The predicted molar refractivity (Wildman–Crippen MR) is 105 cm³/mol. The molecule has 1 N–H and O–H groups in total. The van der Waals surface area contributed by atoms with Gasteiger partial charge in [-0.3, -0.25) is 14.2 Å². The van der Waals surface area contributed by atoms with E-state index < -0.39 is 0 Å². The van der Waals surface area contributed by atoms with Crippen LogP contribution in [0.3, 0.4) is 0 Å². The van der Waals surface area contributed by atoms with Crippen molar-refractivity contribution >= 4 is 22.5 Å². The maximum Gasteiger partial charge on any atom is 0.226 e. The van der Waals surface area contributed by atoms with Gasteiger partial charge in [0.1, 0.15) is 5.82 Å². The SMILES string of the molecule is Cc1ccc2cnn(CCC(=O)Nc3cnn(Cc4ccc(F)cc4)c3)c2c1. The van der Waals surface area contributed by atoms with Gasteiger partial charge in [0, 0.05) is 18.0 Å². The van der Waals surface area contributed by atoms with Gasteiger partial charge in [-0.15, -0.1) is 0 Å². The molecule has 0 atom stereocenters. The zero-order valence-electron chi connectivity index (χ0n) is 15.5. The average Bonchev–Trinajstić information content (AvgIpc) is 3.28. The Kier molecular flexibility index (Phi) is 4.89. The van der Waals surface area contributed by atoms with Crippen LogP contribution in [0.2, 0.25) is 0 Å². The first kappa shape index (κ1) is 17.9. The smallest absolute Gasteiger partial charge is 0.226 e. The number of carbonyl (C=O) groups is 1. The first-order chi connectivity index (χ1) is 13.6. The third kappa shape index (κ3) is 4.09. The van der Waals surface area contributed by atoms with Crippen LogP contribution in [0.5, 0.6) is 0 Å². The second-order valence-corrected chi connectivity index (χ2v) is 6.78. The number of nitrogens with zero attached hydrogens (tertiary/aromatic N) is 4. The zero-order chi connectivity index (χ0) is 19.5. The van der Waals surface area contributed by atoms with E-state index in [1.54, 1.807) is 29.2 Å². The summed E-state index contributed by atoms with van der Waals surface area (Å²) in [4.78, 5) is 12.3. The number of benzene rings is 2. The van der Waals surface area contributed by atoms with Crippen LogP contribution in [0.4, 0.5) is 10.1 Å². The summed E-state index contributed by atoms with van der Waals surface area (Å²) in [6.07, 6.45) is 5.49. The summed E-state index contributed by atoms with van der Waals surface area (Å²) < 4.78 is 16.5. The summed E-state index contributed by atoms with van der Waals surface area (Å²) in [6.45, 7) is 3.05. The van der Waals surface area contributed by atoms with E-state index in [0.717, 1.165) is 22.0 Å². The summed E-state index contributed by atoms with van der Waals surface area (Å²) in [7, 11) is 0. The number of hydrogen-bond acceptors (Lipinski definition) is 3. The summed E-state index contributed by atoms with van der Waals surface area (Å²) >= 11 is 0. The van der Waals surface area contributed by atoms with Gasteiger partial charge < -0.3 is 5.32 Å². The number of aromatic nitrogens is 4. The maximum absolute atomic E-state index is 13.0. The molecule has 0 saturated heterocycles. The van der Waals surface area contributed by atoms with Crippen LogP contribution < -0.4 is 5.32 Å². The van der Waals surface area contributed by atoms with Gasteiger partial charge in [0.25, 0.3) is 0 Å². The number of fused-ring (bicyclic) bond motifs is 1. The molecule has 0 aliphatic heterocycles. The number of carbonyl (C=O) groups excluding carboxylic acids is 1. The number of anilines is 1. The van der Waals surface area contributed by atoms with E-state index in [1.165, 1.54) is 12.1 Å². The molecule has 0 spiro atoms. The monoisotopic (exact) mass is 377 g/mol. The molecule has 0 bridgehead atoms. The molecule has 2 heterocycles. The molecule has 7 heteroatoms. The third-order valence-electron chi connectivity index (χ3n) is 4.53. The minimum Gasteiger partial charge on any atom is -0.323 e. The average molecular weight is 377 g/mol. The molecule has 1 amide bonds. The Morgan fingerprint density at radius 3 is 2.75 bits per heavy atom. The van der Waals surface area contributed by atoms with Gasteiger partial charge in [0.2, 0.25) is 5.91 Å². The molecule has 142 valence electrons. The Bertz CT molecular complexity index is 1110. The maximum atomic E-state index is 13.0. The summed E-state index contributed by atoms with van der Waals surface area (Å²) in [5.74, 6) is -0.366. The molecule has 0 unspecified atom stereocenters. The van der Waals surface area contributed by atoms with Crippen molar-refractivity contribution in [1.82, 2.24) is 19.6 Å². The van der Waals surface area contributed by atoms with E-state index in [2.05, 4.69) is 21.6 Å². The Balaban J connectivity index is 1.34. The van der Waals surface area contributed by atoms with Gasteiger partial charge in [-0.25, -0.2) is 4.39 Å². The lowest BCUT2D eigenvalue weighted by atomic mass is 10.2. The van der Waals surface area contributed by atoms with Crippen molar-refractivity contribution in [1.29, 1.82) is 0 Å². The van der Waals surface area contributed by atoms with E-state index in [1.807, 2.05) is 29.9 Å². The largest absolute Gasteiger partial charge is 0.323 e. The summed E-state index contributed by atoms with van der Waals surface area (Å²) in [5, 5.41) is 12.5. The van der Waals surface area contributed by atoms with Crippen molar-refractivity contribution in [3.8, 4) is 0 Å². The van der Waals surface area contributed by atoms with Crippen LogP contribution >= 0.6 is 0 Å². The molecule has 2 aromatic carbocycles. The Labute approximate surface area is 161 Å². The number of amides is 1. The highest BCUT2D eigenvalue weighted by Gasteiger charge is 2.08. The van der Waals surface area contributed by atoms with E-state index in [-0.39, 0.29) is 11.7 Å². The lowest BCUT2D eigenvalue weighted by molar-refractivity contribution is -0.116. The first-order valence-electron chi connectivity index (χ1n) is 9.06. The van der Waals surface area contributed by atoms with Crippen LogP contribution in [0.15, 0.2) is 61.1 Å². The second-order valence-electron chi connectivity index (χ2n) is 6.78. The normalized spacial score (nSPS) is 11.1. The quantitative estimate of drug-likeness (QED) is 0.556. The van der Waals surface area contributed by atoms with Crippen molar-refractivity contribution in [3.05, 3.63) is 78.0 Å². The third-order valence-corrected chi connectivity index (χ3v) is 4.53. The van der Waals surface area contributed by atoms with Gasteiger partial charge in [-0.2, -0.15) is 10.2 Å². The van der Waals surface area contributed by atoms with Crippen molar-refractivity contribution in [2.45, 2.75) is 26.4 Å². The molecule has 4 aromatic rings. The highest BCUT2D eigenvalue weighted by molar-refractivity contribution is 5.90. The van der Waals surface area contributed by atoms with Crippen molar-refractivity contribution in [2.75, 3.05) is 5.32 Å². The molecule has 0 radical (unpaired) electrons. The number of hydrogen-bond donors (Lipinski definition) is 1. The van der Waals surface area contributed by atoms with Gasteiger partial charge in [0.15, 0.2) is 0 Å². The highest BCUT2D eigenvalue weighted by Crippen LogP contribution is 2.16. The molecular formula is C21H20FN5O. The molecular weight excluding hydrogens is 357 g/mol. The Morgan fingerprint density at radius 2 is 1.93 bits per heavy atom. The molecule has 2 aromatic heterocycles. The van der Waals surface area contributed by atoms with Crippen LogP contribution in [0.1, 0.15) is 17.5 Å². The lowest BCUT2D eigenvalue weighted by Crippen LogP contribution is -2.14. The van der Waals surface area contributed by atoms with E-state index >= 15 is 0 Å². The van der Waals surface area contributed by atoms with E-state index in [9.17, 15) is 9.18 Å². The Morgan fingerprint density at radius 1 is 1.11 bits per heavy atom. The highest BCUT2D eigenvalue weighted by atomic mass is 19.1. The van der Waals surface area contributed by atoms with Crippen LogP contribution in [0, 0.1) is 12.7 Å². The first-order valence-corrected chi connectivity index (χ1v) is 9.06. The van der Waals surface area contributed by atoms with E-state index in [4.69, 9.17) is 0 Å². The van der Waals surface area contributed by atoms with Crippen molar-refractivity contribution in [3.63, 3.8) is 0 Å². The topological polar surface area (TPSA) is 64.7 Å². The molecule has 6 nitrogen and oxygen atoms in total. The van der Waals surface area contributed by atoms with Crippen molar-refractivity contribution in [2.24, 2.45) is 0 Å². The predicted octanol–water partition coefficient (Wildman–Crippen LogP) is 3.76. The lowest BCUT2D eigenvalue weighted by Gasteiger charge is -2.05. The number of nitrogens with one attached hydrogen (secondary N) is 1. The number of rotatable bonds is 6. The standard InChI is InChI=1S/C21H20FN5O/c1-15-2-5-17-11-24-27(20(17)10-15)9-8-21(28)25-19-12-23-26(14-19)13-16-3-6-18(22)7-4-16/h2-7,10-12,14H,8-9,13H2,1H3,(H,25,28). The fourth-order valence-corrected chi connectivity index (χ4v) is 3.08. The van der Waals surface area contributed by atoms with Crippen molar-refractivity contribution < 1.29 is 9.18 Å². The van der Waals surface area contributed by atoms with Gasteiger partial charge in [-0.05, 0) is 36.2 Å². The molecule has 0 fully saturated rings. The fourth-order valence-electron chi connectivity index (χ4n) is 3.08. The summed E-state index contributed by atoms with van der Waals surface area (Å²) in [5.41, 5.74) is 3.75. The molecule has 0 aliphatic rings. The van der Waals surface area contributed by atoms with Gasteiger partial charge >= 0.3 is 0 Å². The van der Waals surface area contributed by atoms with Crippen LogP contribution in [0.25, 0.3) is 10.9 Å². The Hall–Kier alpha value is -3.48. The minimum atomic E-state index is -0.266. The second kappa shape index (κ2) is 7.64. The fraction of sp³-hybridized carbons (Fsp3) is 0.190. The molecule has 0 aliphatic carbocycles. The van der Waals surface area contributed by atoms with Gasteiger partial charge in [-0.1, -0.05) is 24.3 Å². The zero-order valence-corrected chi connectivity index (χ0v) is 15.5. The summed E-state index contributed by atoms with van der Waals surface area (Å²) in [6, 6.07) is 12.4. The molecule has 0 saturated carbocycles. The van der Waals surface area contributed by atoms with Crippen LogP contribution in [-0.2, 0) is 17.9 Å². The number of aryl methyl sites for hydroxylation is 2. The minimum absolute atomic E-state index is 0.0994. The van der Waals surface area contributed by atoms with Gasteiger partial charge in [0.05, 0.1) is 36.7 Å². The molecule has 4 rings (SSSR count).